The van der Waals surface area contributed by atoms with Crippen molar-refractivity contribution < 1.29 is 19.7 Å². The largest absolute Gasteiger partial charge is 0.507 e. The molecular weight excluding hydrogens is 196 g/mol. The number of para-hydroxylation sites is 1. The molecule has 0 aliphatic rings. The predicted molar refractivity (Wildman–Crippen MR) is 55.3 cm³/mol. The van der Waals surface area contributed by atoms with Crippen LogP contribution >= 0.6 is 0 Å². The Bertz CT molecular complexity index is 346. The van der Waals surface area contributed by atoms with Crippen molar-refractivity contribution >= 4 is 5.97 Å². The number of carbonyl (C=O) groups is 1. The summed E-state index contributed by atoms with van der Waals surface area (Å²) in [6.45, 7) is 2.97. The Balaban J connectivity index is 2.80. The van der Waals surface area contributed by atoms with Crippen LogP contribution in [0.15, 0.2) is 18.2 Å². The lowest BCUT2D eigenvalue weighted by Crippen LogP contribution is -2.02. The first kappa shape index (κ1) is 11.5. The van der Waals surface area contributed by atoms with E-state index in [-0.39, 0.29) is 11.3 Å². The van der Waals surface area contributed by atoms with Gasteiger partial charge in [-0.15, -0.1) is 0 Å². The number of benzene rings is 1. The molecule has 2 N–H and O–H groups in total. The molecule has 0 amide bonds. The average molecular weight is 210 g/mol. The van der Waals surface area contributed by atoms with E-state index in [1.54, 1.807) is 12.1 Å². The Morgan fingerprint density at radius 2 is 2.20 bits per heavy atom. The maximum Gasteiger partial charge on any atom is 0.339 e. The van der Waals surface area contributed by atoms with Crippen LogP contribution < -0.4 is 0 Å². The summed E-state index contributed by atoms with van der Waals surface area (Å²) in [6.07, 6.45) is 0.515. The van der Waals surface area contributed by atoms with Crippen LogP contribution in [0, 0.1) is 0 Å². The van der Waals surface area contributed by atoms with Crippen molar-refractivity contribution in [1.82, 2.24) is 0 Å². The van der Waals surface area contributed by atoms with Crippen LogP contribution in [0.2, 0.25) is 0 Å². The van der Waals surface area contributed by atoms with E-state index in [0.717, 1.165) is 0 Å². The zero-order valence-electron chi connectivity index (χ0n) is 8.56. The Morgan fingerprint density at radius 1 is 1.47 bits per heavy atom. The summed E-state index contributed by atoms with van der Waals surface area (Å²) in [7, 11) is 0. The van der Waals surface area contributed by atoms with E-state index in [9.17, 15) is 9.90 Å². The second-order valence-electron chi connectivity index (χ2n) is 3.07. The molecule has 0 aliphatic heterocycles. The minimum Gasteiger partial charge on any atom is -0.507 e. The molecular formula is C11H14O4. The van der Waals surface area contributed by atoms with Crippen LogP contribution in [-0.4, -0.2) is 29.4 Å². The molecule has 0 aromatic heterocycles. The Hall–Kier alpha value is -1.55. The molecule has 0 aliphatic carbocycles. The van der Waals surface area contributed by atoms with Gasteiger partial charge in [0, 0.05) is 6.61 Å². The second kappa shape index (κ2) is 5.36. The number of carboxylic acids is 1. The van der Waals surface area contributed by atoms with Gasteiger partial charge in [0.05, 0.1) is 6.61 Å². The summed E-state index contributed by atoms with van der Waals surface area (Å²) in [6, 6.07) is 4.69. The van der Waals surface area contributed by atoms with Gasteiger partial charge in [-0.3, -0.25) is 0 Å². The maximum absolute atomic E-state index is 10.7. The van der Waals surface area contributed by atoms with Crippen molar-refractivity contribution in [2.24, 2.45) is 0 Å². The first-order valence-electron chi connectivity index (χ1n) is 4.78. The normalized spacial score (nSPS) is 10.2. The fourth-order valence-electron chi connectivity index (χ4n) is 1.29. The third-order valence-electron chi connectivity index (χ3n) is 2.07. The molecule has 1 aromatic rings. The highest BCUT2D eigenvalue weighted by atomic mass is 16.5. The van der Waals surface area contributed by atoms with Crippen molar-refractivity contribution in [2.45, 2.75) is 13.3 Å². The monoisotopic (exact) mass is 210 g/mol. The zero-order chi connectivity index (χ0) is 11.3. The Labute approximate surface area is 88.1 Å². The smallest absolute Gasteiger partial charge is 0.339 e. The quantitative estimate of drug-likeness (QED) is 0.725. The highest BCUT2D eigenvalue weighted by molar-refractivity contribution is 5.91. The zero-order valence-corrected chi connectivity index (χ0v) is 8.56. The summed E-state index contributed by atoms with van der Waals surface area (Å²) in [5, 5.41) is 18.4. The first-order valence-corrected chi connectivity index (χ1v) is 4.78. The van der Waals surface area contributed by atoms with Gasteiger partial charge in [0.2, 0.25) is 0 Å². The first-order chi connectivity index (χ1) is 7.16. The van der Waals surface area contributed by atoms with E-state index in [0.29, 0.717) is 25.2 Å². The van der Waals surface area contributed by atoms with E-state index in [1.807, 2.05) is 6.92 Å². The predicted octanol–water partition coefficient (Wildman–Crippen LogP) is 1.67. The lowest BCUT2D eigenvalue weighted by atomic mass is 10.1. The standard InChI is InChI=1S/C11H14O4/c1-2-15-7-6-8-4-3-5-9(10(8)12)11(13)14/h3-5,12H,2,6-7H2,1H3,(H,13,14). The summed E-state index contributed by atoms with van der Waals surface area (Å²) in [4.78, 5) is 10.7. The maximum atomic E-state index is 10.7. The van der Waals surface area contributed by atoms with Gasteiger partial charge in [-0.2, -0.15) is 0 Å². The highest BCUT2D eigenvalue weighted by Crippen LogP contribution is 2.22. The molecule has 0 bridgehead atoms. The van der Waals surface area contributed by atoms with E-state index >= 15 is 0 Å². The van der Waals surface area contributed by atoms with Gasteiger partial charge in [-0.05, 0) is 25.0 Å². The van der Waals surface area contributed by atoms with Gasteiger partial charge in [0.25, 0.3) is 0 Å². The Morgan fingerprint density at radius 3 is 2.80 bits per heavy atom. The van der Waals surface area contributed by atoms with Crippen LogP contribution in [0.4, 0.5) is 0 Å². The van der Waals surface area contributed by atoms with E-state index in [4.69, 9.17) is 9.84 Å². The van der Waals surface area contributed by atoms with Crippen molar-refractivity contribution in [1.29, 1.82) is 0 Å². The average Bonchev–Trinajstić information content (AvgIpc) is 2.20. The molecule has 0 saturated heterocycles. The van der Waals surface area contributed by atoms with Crippen molar-refractivity contribution in [3.8, 4) is 5.75 Å². The highest BCUT2D eigenvalue weighted by Gasteiger charge is 2.12. The second-order valence-corrected chi connectivity index (χ2v) is 3.07. The number of phenols is 1. The number of aromatic carboxylic acids is 1. The minimum atomic E-state index is -1.12. The molecule has 4 heteroatoms. The Kier molecular flexibility index (Phi) is 4.12. The van der Waals surface area contributed by atoms with E-state index < -0.39 is 5.97 Å². The van der Waals surface area contributed by atoms with Gasteiger partial charge in [-0.1, -0.05) is 12.1 Å². The van der Waals surface area contributed by atoms with Crippen LogP contribution in [0.3, 0.4) is 0 Å². The van der Waals surface area contributed by atoms with Crippen molar-refractivity contribution in [2.75, 3.05) is 13.2 Å². The molecule has 0 heterocycles. The fourth-order valence-corrected chi connectivity index (χ4v) is 1.29. The van der Waals surface area contributed by atoms with Gasteiger partial charge < -0.3 is 14.9 Å². The third kappa shape index (κ3) is 2.95. The molecule has 0 saturated carbocycles. The molecule has 15 heavy (non-hydrogen) atoms. The van der Waals surface area contributed by atoms with Gasteiger partial charge in [0.1, 0.15) is 11.3 Å². The molecule has 1 aromatic carbocycles. The van der Waals surface area contributed by atoms with E-state index in [2.05, 4.69) is 0 Å². The topological polar surface area (TPSA) is 66.8 Å². The van der Waals surface area contributed by atoms with Crippen LogP contribution in [0.25, 0.3) is 0 Å². The van der Waals surface area contributed by atoms with Crippen molar-refractivity contribution in [3.63, 3.8) is 0 Å². The lowest BCUT2D eigenvalue weighted by molar-refractivity contribution is 0.0693. The minimum absolute atomic E-state index is 0.0657. The SMILES string of the molecule is CCOCCc1cccc(C(=O)O)c1O. The van der Waals surface area contributed by atoms with Gasteiger partial charge in [0.15, 0.2) is 0 Å². The number of carboxylic acid groups (broad SMARTS) is 1. The fraction of sp³-hybridized carbons (Fsp3) is 0.364. The van der Waals surface area contributed by atoms with Crippen LogP contribution in [0.5, 0.6) is 5.75 Å². The molecule has 1 rings (SSSR count). The number of hydrogen-bond acceptors (Lipinski definition) is 3. The molecule has 0 radical (unpaired) electrons. The molecule has 0 unspecified atom stereocenters. The number of rotatable bonds is 5. The molecule has 82 valence electrons. The van der Waals surface area contributed by atoms with Crippen LogP contribution in [0.1, 0.15) is 22.8 Å². The number of ether oxygens (including phenoxy) is 1. The summed E-state index contributed by atoms with van der Waals surface area (Å²) < 4.78 is 5.13. The van der Waals surface area contributed by atoms with Crippen molar-refractivity contribution in [3.05, 3.63) is 29.3 Å². The van der Waals surface area contributed by atoms with Crippen LogP contribution in [-0.2, 0) is 11.2 Å². The number of hydrogen-bond donors (Lipinski definition) is 2. The molecule has 4 nitrogen and oxygen atoms in total. The lowest BCUT2D eigenvalue weighted by Gasteiger charge is -2.06. The summed E-state index contributed by atoms with van der Waals surface area (Å²) in [5.74, 6) is -1.28. The van der Waals surface area contributed by atoms with Gasteiger partial charge >= 0.3 is 5.97 Å². The molecule has 0 fully saturated rings. The van der Waals surface area contributed by atoms with E-state index in [1.165, 1.54) is 6.07 Å². The number of aromatic hydroxyl groups is 1. The summed E-state index contributed by atoms with van der Waals surface area (Å²) >= 11 is 0. The van der Waals surface area contributed by atoms with Gasteiger partial charge in [-0.25, -0.2) is 4.79 Å². The third-order valence-corrected chi connectivity index (χ3v) is 2.07. The molecule has 0 spiro atoms. The molecule has 0 atom stereocenters. The summed E-state index contributed by atoms with van der Waals surface area (Å²) in [5.41, 5.74) is 0.535.